The Bertz CT molecular complexity index is 2960. The number of hydrogen-bond acceptors (Lipinski definition) is 14. The van der Waals surface area contributed by atoms with E-state index in [2.05, 4.69) is 30.0 Å². The number of aromatic carboxylic acids is 2. The predicted molar refractivity (Wildman–Crippen MR) is 284 cm³/mol. The largest absolute Gasteiger partial charge is 1.00 e. The van der Waals surface area contributed by atoms with Crippen molar-refractivity contribution in [1.82, 2.24) is 39.2 Å². The molecule has 4 amide bonds. The summed E-state index contributed by atoms with van der Waals surface area (Å²) < 4.78 is 59.2. The van der Waals surface area contributed by atoms with Crippen molar-refractivity contribution in [3.63, 3.8) is 0 Å². The molecule has 0 saturated heterocycles. The molecule has 0 aliphatic carbocycles. The van der Waals surface area contributed by atoms with E-state index in [4.69, 9.17) is 0 Å². The SMILES string of the molecule is CCCNC(=O)NS(=O)(=O)c1ccccc1-c1ccc(Cn2c(C(C)CC)nc(SC)c2C(=O)[O-])cc1.CCCNC(=O)NS(=O)(=O)c1ccccc1-c1ccc(Cn2c(C(C)CC)nc(SC)c2C(=O)[O-])cc1.[K+].[K+]. The number of nitrogens with zero attached hydrogens (tertiary/aromatic N) is 4. The molecule has 4 N–H and O–H groups in total. The second-order valence-electron chi connectivity index (χ2n) is 17.1. The molecule has 76 heavy (non-hydrogen) atoms. The summed E-state index contributed by atoms with van der Waals surface area (Å²) in [6, 6.07) is 25.7. The summed E-state index contributed by atoms with van der Waals surface area (Å²) in [5.41, 5.74) is 3.89. The van der Waals surface area contributed by atoms with E-state index in [1.165, 1.54) is 35.7 Å². The Morgan fingerprint density at radius 3 is 1.17 bits per heavy atom. The molecule has 6 rings (SSSR count). The number of aromatic nitrogens is 4. The Labute approximate surface area is 539 Å². The fraction of sp³-hybridized carbons (Fsp3) is 0.346. The monoisotopic (exact) mass is 1160 g/mol. The maximum Gasteiger partial charge on any atom is 1.00 e. The fourth-order valence-corrected chi connectivity index (χ4v) is 11.2. The number of carboxylic acids is 2. The van der Waals surface area contributed by atoms with E-state index in [1.54, 1.807) is 82.3 Å². The summed E-state index contributed by atoms with van der Waals surface area (Å²) >= 11 is 2.53. The minimum Gasteiger partial charge on any atom is -0.543 e. The van der Waals surface area contributed by atoms with Gasteiger partial charge in [0.25, 0.3) is 20.0 Å². The molecule has 24 heteroatoms. The average molecular weight is 1170 g/mol. The molecular formula is C52H62K2N8O10S4. The van der Waals surface area contributed by atoms with Gasteiger partial charge in [-0.05, 0) is 72.6 Å². The molecule has 2 atom stereocenters. The molecule has 4 aromatic carbocycles. The third-order valence-electron chi connectivity index (χ3n) is 11.9. The van der Waals surface area contributed by atoms with Crippen LogP contribution in [0.4, 0.5) is 9.59 Å². The topological polar surface area (TPSA) is 266 Å². The van der Waals surface area contributed by atoms with Crippen molar-refractivity contribution < 1.29 is 149 Å². The number of hydrogen-bond donors (Lipinski definition) is 4. The standard InChI is InChI=1S/2C26H32N4O5S2.2K/c2*1-5-15-27-26(33)29-37(34,35)21-10-8-7-9-20(21)19-13-11-18(12-14-19)16-30-22(25(31)32)24(36-4)28-23(30)17(3)6-2;;/h2*7-14,17H,5-6,15-16H2,1-4H3,(H,31,32)(H2,27,29,33);;/q;;2*+1/p-2. The van der Waals surface area contributed by atoms with Gasteiger partial charge in [-0.2, -0.15) is 0 Å². The quantitative estimate of drug-likeness (QED) is 0.0550. The molecule has 18 nitrogen and oxygen atoms in total. The Morgan fingerprint density at radius 2 is 0.882 bits per heavy atom. The first-order valence-corrected chi connectivity index (χ1v) is 29.4. The number of imidazole rings is 2. The van der Waals surface area contributed by atoms with Crippen LogP contribution in [0, 0.1) is 0 Å². The normalized spacial score (nSPS) is 11.9. The summed E-state index contributed by atoms with van der Waals surface area (Å²) in [4.78, 5) is 57.0. The zero-order chi connectivity index (χ0) is 54.3. The summed E-state index contributed by atoms with van der Waals surface area (Å²) in [5.74, 6) is -1.09. The van der Waals surface area contributed by atoms with Gasteiger partial charge in [-0.25, -0.2) is 45.8 Å². The number of nitrogens with one attached hydrogen (secondary N) is 4. The number of amides is 4. The number of carbonyl (C=O) groups is 4. The number of sulfonamides is 2. The van der Waals surface area contributed by atoms with E-state index in [0.29, 0.717) is 69.9 Å². The van der Waals surface area contributed by atoms with E-state index in [1.807, 2.05) is 65.8 Å². The molecule has 0 radical (unpaired) electrons. The van der Waals surface area contributed by atoms with E-state index in [-0.39, 0.29) is 149 Å². The van der Waals surface area contributed by atoms with Gasteiger partial charge in [-0.3, -0.25) is 0 Å². The second-order valence-corrected chi connectivity index (χ2v) is 22.0. The molecular weight excluding hydrogens is 1100 g/mol. The molecule has 2 heterocycles. The number of carbonyl (C=O) groups excluding carboxylic acids is 4. The van der Waals surface area contributed by atoms with E-state index >= 15 is 0 Å². The molecule has 0 aliphatic rings. The summed E-state index contributed by atoms with van der Waals surface area (Å²) in [6.07, 6.45) is 6.51. The van der Waals surface area contributed by atoms with Crippen LogP contribution in [-0.4, -0.2) is 85.5 Å². The smallest absolute Gasteiger partial charge is 0.543 e. The molecule has 0 spiro atoms. The van der Waals surface area contributed by atoms with E-state index in [0.717, 1.165) is 24.0 Å². The zero-order valence-electron chi connectivity index (χ0n) is 44.6. The first kappa shape index (κ1) is 66.9. The van der Waals surface area contributed by atoms with Crippen molar-refractivity contribution in [3.05, 3.63) is 131 Å². The zero-order valence-corrected chi connectivity index (χ0v) is 54.1. The first-order chi connectivity index (χ1) is 35.2. The van der Waals surface area contributed by atoms with Crippen LogP contribution in [0.1, 0.15) is 123 Å². The van der Waals surface area contributed by atoms with Crippen molar-refractivity contribution in [3.8, 4) is 22.3 Å². The van der Waals surface area contributed by atoms with Crippen LogP contribution in [0.3, 0.4) is 0 Å². The number of carboxylic acid groups (broad SMARTS) is 2. The number of rotatable bonds is 22. The van der Waals surface area contributed by atoms with Crippen molar-refractivity contribution >= 4 is 67.6 Å². The van der Waals surface area contributed by atoms with Crippen molar-refractivity contribution in [1.29, 1.82) is 0 Å². The van der Waals surface area contributed by atoms with Crippen LogP contribution in [0.15, 0.2) is 117 Å². The fourth-order valence-electron chi connectivity index (χ4n) is 7.74. The molecule has 0 bridgehead atoms. The second kappa shape index (κ2) is 31.4. The number of urea groups is 2. The minimum atomic E-state index is -4.11. The van der Waals surface area contributed by atoms with E-state index in [9.17, 15) is 46.2 Å². The molecule has 0 aliphatic heterocycles. The predicted octanol–water partition coefficient (Wildman–Crippen LogP) is 1.20. The van der Waals surface area contributed by atoms with Crippen molar-refractivity contribution in [2.75, 3.05) is 25.6 Å². The summed E-state index contributed by atoms with van der Waals surface area (Å²) in [7, 11) is -8.22. The van der Waals surface area contributed by atoms with Gasteiger partial charge < -0.3 is 39.6 Å². The molecule has 2 aromatic heterocycles. The van der Waals surface area contributed by atoms with Crippen LogP contribution in [0.2, 0.25) is 0 Å². The average Bonchev–Trinajstić information content (AvgIpc) is 3.95. The van der Waals surface area contributed by atoms with Gasteiger partial charge >= 0.3 is 115 Å². The third-order valence-corrected chi connectivity index (χ3v) is 16.0. The Morgan fingerprint density at radius 1 is 0.553 bits per heavy atom. The summed E-state index contributed by atoms with van der Waals surface area (Å²) in [6.45, 7) is 13.0. The third kappa shape index (κ3) is 17.3. The van der Waals surface area contributed by atoms with Gasteiger partial charge in [-0.15, -0.1) is 23.5 Å². The minimum absolute atomic E-state index is 0. The Kier molecular flexibility index (Phi) is 27.7. The first-order valence-electron chi connectivity index (χ1n) is 23.9. The maximum atomic E-state index is 12.9. The molecule has 0 fully saturated rings. The van der Waals surface area contributed by atoms with E-state index < -0.39 is 44.0 Å². The maximum absolute atomic E-state index is 12.9. The number of thioether (sulfide) groups is 2. The molecule has 6 aromatic rings. The number of benzene rings is 4. The van der Waals surface area contributed by atoms with Gasteiger partial charge in [0, 0.05) is 49.1 Å². The van der Waals surface area contributed by atoms with Crippen LogP contribution in [-0.2, 0) is 33.1 Å². The van der Waals surface area contributed by atoms with Crippen LogP contribution in [0.25, 0.3) is 22.3 Å². The van der Waals surface area contributed by atoms with Crippen molar-refractivity contribution in [2.24, 2.45) is 0 Å². The Balaban J connectivity index is 0.000000390. The van der Waals surface area contributed by atoms with Gasteiger partial charge in [0.15, 0.2) is 0 Å². The Hall–Kier alpha value is -3.35. The van der Waals surface area contributed by atoms with Gasteiger partial charge in [0.2, 0.25) is 0 Å². The van der Waals surface area contributed by atoms with Gasteiger partial charge in [-0.1, -0.05) is 126 Å². The molecule has 396 valence electrons. The van der Waals surface area contributed by atoms with Crippen LogP contribution < -0.4 is 133 Å². The van der Waals surface area contributed by atoms with Crippen molar-refractivity contribution in [2.45, 2.75) is 112 Å². The van der Waals surface area contributed by atoms with Crippen LogP contribution in [0.5, 0.6) is 0 Å². The molecule has 2 unspecified atom stereocenters. The summed E-state index contributed by atoms with van der Waals surface area (Å²) in [5, 5.41) is 29.7. The molecule has 0 saturated carbocycles. The van der Waals surface area contributed by atoms with Crippen LogP contribution >= 0.6 is 23.5 Å². The van der Waals surface area contributed by atoms with Gasteiger partial charge in [0.1, 0.15) is 21.7 Å². The van der Waals surface area contributed by atoms with Gasteiger partial charge in [0.05, 0.1) is 33.1 Å².